The van der Waals surface area contributed by atoms with Crippen molar-refractivity contribution in [1.29, 1.82) is 0 Å². The molecular formula is C48H55F3N12O4. The summed E-state index contributed by atoms with van der Waals surface area (Å²) in [6.07, 6.45) is 7.70. The molecule has 0 bridgehead atoms. The zero-order valence-electron chi connectivity index (χ0n) is 37.3. The summed E-state index contributed by atoms with van der Waals surface area (Å²) >= 11 is 0. The number of halogens is 3. The number of hydrogen-bond acceptors (Lipinski definition) is 11. The van der Waals surface area contributed by atoms with Crippen molar-refractivity contribution in [2.75, 3.05) is 69.2 Å². The number of anilines is 2. The summed E-state index contributed by atoms with van der Waals surface area (Å²) in [5, 5.41) is 19.4. The minimum Gasteiger partial charge on any atom is -0.362 e. The van der Waals surface area contributed by atoms with Crippen LogP contribution in [0.15, 0.2) is 42.9 Å². The van der Waals surface area contributed by atoms with Crippen LogP contribution in [-0.4, -0.2) is 133 Å². The van der Waals surface area contributed by atoms with Crippen LogP contribution >= 0.6 is 0 Å². The van der Waals surface area contributed by atoms with Crippen LogP contribution in [0.2, 0.25) is 0 Å². The van der Waals surface area contributed by atoms with E-state index in [0.717, 1.165) is 87.0 Å². The molecular weight excluding hydrogens is 866 g/mol. The molecule has 19 heteroatoms. The van der Waals surface area contributed by atoms with E-state index in [9.17, 15) is 23.2 Å². The minimum absolute atomic E-state index is 0.0294. The zero-order chi connectivity index (χ0) is 45.8. The summed E-state index contributed by atoms with van der Waals surface area (Å²) in [4.78, 5) is 49.7. The molecule has 6 fully saturated rings. The monoisotopic (exact) mass is 920 g/mol. The first-order valence-electron chi connectivity index (χ1n) is 23.9. The van der Waals surface area contributed by atoms with Gasteiger partial charge in [-0.3, -0.25) is 34.0 Å². The van der Waals surface area contributed by atoms with Crippen LogP contribution in [0.5, 0.6) is 0 Å². The molecule has 8 heterocycles. The molecule has 0 spiro atoms. The van der Waals surface area contributed by atoms with Crippen LogP contribution in [0.25, 0.3) is 16.6 Å². The average Bonchev–Trinajstić information content (AvgIpc) is 3.71. The number of likely N-dealkylation sites (tertiary alicyclic amines) is 2. The second kappa shape index (κ2) is 18.3. The Bertz CT molecular complexity index is 2740. The van der Waals surface area contributed by atoms with E-state index in [0.29, 0.717) is 42.6 Å². The van der Waals surface area contributed by atoms with E-state index < -0.39 is 36.2 Å². The van der Waals surface area contributed by atoms with Gasteiger partial charge >= 0.3 is 0 Å². The Hall–Kier alpha value is -5.84. The van der Waals surface area contributed by atoms with Crippen LogP contribution in [0.4, 0.5) is 24.7 Å². The Morgan fingerprint density at radius 2 is 1.73 bits per heavy atom. The lowest BCUT2D eigenvalue weighted by Gasteiger charge is -2.44. The number of nitrogens with one attached hydrogen (secondary N) is 2. The van der Waals surface area contributed by atoms with Gasteiger partial charge in [0.15, 0.2) is 11.3 Å². The molecule has 3 atom stereocenters. The Labute approximate surface area is 385 Å². The molecule has 0 radical (unpaired) electrons. The summed E-state index contributed by atoms with van der Waals surface area (Å²) < 4.78 is 55.3. The number of nitrogens with zero attached hydrogens (tertiary/aromatic N) is 10. The highest BCUT2D eigenvalue weighted by atomic mass is 19.3. The Morgan fingerprint density at radius 1 is 0.925 bits per heavy atom. The number of alkyl halides is 3. The molecule has 2 aliphatic carbocycles. The molecule has 5 aromatic rings. The number of amides is 3. The third-order valence-corrected chi connectivity index (χ3v) is 14.6. The van der Waals surface area contributed by atoms with Crippen molar-refractivity contribution in [1.82, 2.24) is 49.3 Å². The van der Waals surface area contributed by atoms with E-state index >= 15 is 4.39 Å². The van der Waals surface area contributed by atoms with Crippen molar-refractivity contribution in [3.63, 3.8) is 0 Å². The van der Waals surface area contributed by atoms with Crippen molar-refractivity contribution in [2.24, 2.45) is 11.8 Å². The van der Waals surface area contributed by atoms with Crippen molar-refractivity contribution < 1.29 is 32.3 Å². The molecule has 352 valence electrons. The van der Waals surface area contributed by atoms with Crippen molar-refractivity contribution >= 4 is 45.8 Å². The van der Waals surface area contributed by atoms with Crippen LogP contribution in [0.1, 0.15) is 116 Å². The molecule has 6 aliphatic rings. The van der Waals surface area contributed by atoms with Gasteiger partial charge in [0.25, 0.3) is 12.3 Å². The third kappa shape index (κ3) is 9.03. The fourth-order valence-electron chi connectivity index (χ4n) is 10.7. The lowest BCUT2D eigenvalue weighted by molar-refractivity contribution is -0.134. The number of piperidine rings is 2. The molecule has 4 aromatic heterocycles. The molecule has 1 aromatic carbocycles. The standard InChI is InChI=1S/C48H55F3N12O4/c49-37-27-59(19-15-39(37)67-21-2-5-31-4-1-6-34-42(35-13-14-41(64)55-47(35)65)57-63(44(31)34)33-11-12-33)23-29-7-9-32(10-8-29)62-28-38(43(56-62)45(50)51)53-48(66)36-22-52-61-20-16-40(54-46(36)61)60-25-30(26-60)24-58-17-3-18-58/h1,4,6,16,20,22,28-30,32-33,35,37,39,45H,3,7-15,17-19,21,23-27H2,(H,53,66)(H,55,64,65)/t29?,32?,35?,37-,39+/m1/s1. The van der Waals surface area contributed by atoms with Crippen molar-refractivity contribution in [2.45, 2.75) is 101 Å². The molecule has 67 heavy (non-hydrogen) atoms. The van der Waals surface area contributed by atoms with Crippen LogP contribution < -0.4 is 15.5 Å². The van der Waals surface area contributed by atoms with Gasteiger partial charge in [0.1, 0.15) is 24.2 Å². The number of hydrogen-bond donors (Lipinski definition) is 2. The molecule has 16 nitrogen and oxygen atoms in total. The quantitative estimate of drug-likeness (QED) is 0.111. The molecule has 3 amide bonds. The summed E-state index contributed by atoms with van der Waals surface area (Å²) in [6, 6.07) is 7.79. The van der Waals surface area contributed by atoms with Gasteiger partial charge in [-0.05, 0) is 88.9 Å². The van der Waals surface area contributed by atoms with Crippen LogP contribution in [0, 0.1) is 23.7 Å². The van der Waals surface area contributed by atoms with Crippen molar-refractivity contribution in [3.05, 3.63) is 65.4 Å². The van der Waals surface area contributed by atoms with Gasteiger partial charge in [-0.25, -0.2) is 22.7 Å². The number of carbonyl (C=O) groups is 3. The number of aromatic nitrogens is 7. The maximum Gasteiger partial charge on any atom is 0.284 e. The summed E-state index contributed by atoms with van der Waals surface area (Å²) in [5.74, 6) is 6.35. The van der Waals surface area contributed by atoms with Crippen LogP contribution in [-0.2, 0) is 14.3 Å². The number of carbonyl (C=O) groups excluding carboxylic acids is 3. The second-order valence-electron chi connectivity index (χ2n) is 19.4. The van der Waals surface area contributed by atoms with Gasteiger partial charge in [-0.2, -0.15) is 15.3 Å². The van der Waals surface area contributed by atoms with Crippen LogP contribution in [0.3, 0.4) is 0 Å². The summed E-state index contributed by atoms with van der Waals surface area (Å²) in [5.41, 5.74) is 2.37. The van der Waals surface area contributed by atoms with Gasteiger partial charge in [-0.1, -0.05) is 24.0 Å². The average molecular weight is 921 g/mol. The molecule has 2 saturated carbocycles. The predicted molar refractivity (Wildman–Crippen MR) is 242 cm³/mol. The predicted octanol–water partition coefficient (Wildman–Crippen LogP) is 5.67. The molecule has 4 aliphatic heterocycles. The summed E-state index contributed by atoms with van der Waals surface area (Å²) in [7, 11) is 0. The van der Waals surface area contributed by atoms with Crippen molar-refractivity contribution in [3.8, 4) is 11.8 Å². The number of benzene rings is 1. The van der Waals surface area contributed by atoms with Gasteiger partial charge in [0.2, 0.25) is 11.8 Å². The fraction of sp³-hybridized carbons (Fsp3) is 0.562. The zero-order valence-corrected chi connectivity index (χ0v) is 37.3. The molecule has 4 saturated heterocycles. The molecule has 11 rings (SSSR count). The second-order valence-corrected chi connectivity index (χ2v) is 19.4. The number of rotatable bonds is 13. The maximum absolute atomic E-state index is 15.6. The Kier molecular flexibility index (Phi) is 12.0. The van der Waals surface area contributed by atoms with Gasteiger partial charge in [0, 0.05) is 69.4 Å². The SMILES string of the molecule is O=C1CCC(c2nn(C3CC3)c3c(C#CCO[C@H]4CCN(CC5CCC(n6cc(NC(=O)c7cnn8ccc(N9CC(CN%10CCC%10)C9)nc78)c(C(F)F)n6)CC5)C[C@H]4F)cccc23)C(=O)N1. The fourth-order valence-corrected chi connectivity index (χ4v) is 10.7. The largest absolute Gasteiger partial charge is 0.362 e. The normalized spacial score (nSPS) is 25.3. The van der Waals surface area contributed by atoms with E-state index in [4.69, 9.17) is 14.8 Å². The first-order chi connectivity index (χ1) is 32.6. The molecule has 2 N–H and O–H groups in total. The van der Waals surface area contributed by atoms with E-state index in [2.05, 4.69) is 47.4 Å². The van der Waals surface area contributed by atoms with E-state index in [1.165, 1.54) is 36.4 Å². The number of para-hydroxylation sites is 1. The maximum atomic E-state index is 15.6. The molecule has 1 unspecified atom stereocenters. The lowest BCUT2D eigenvalue weighted by Crippen LogP contribution is -2.54. The van der Waals surface area contributed by atoms with Gasteiger partial charge < -0.3 is 19.9 Å². The first-order valence-corrected chi connectivity index (χ1v) is 23.9. The van der Waals surface area contributed by atoms with E-state index in [1.54, 1.807) is 10.9 Å². The topological polar surface area (TPSA) is 160 Å². The third-order valence-electron chi connectivity index (χ3n) is 14.6. The van der Waals surface area contributed by atoms with Gasteiger partial charge in [0.05, 0.1) is 52.8 Å². The number of imide groups is 1. The number of fused-ring (bicyclic) bond motifs is 2. The Balaban J connectivity index is 0.659. The van der Waals surface area contributed by atoms with Gasteiger partial charge in [-0.15, -0.1) is 0 Å². The summed E-state index contributed by atoms with van der Waals surface area (Å²) in [6.45, 7) is 7.00. The number of ether oxygens (including phenoxy) is 1. The Morgan fingerprint density at radius 3 is 2.48 bits per heavy atom. The highest BCUT2D eigenvalue weighted by molar-refractivity contribution is 6.08. The smallest absolute Gasteiger partial charge is 0.284 e. The highest BCUT2D eigenvalue weighted by Crippen LogP contribution is 2.41. The highest BCUT2D eigenvalue weighted by Gasteiger charge is 2.37. The minimum atomic E-state index is -2.88. The van der Waals surface area contributed by atoms with E-state index in [1.807, 2.05) is 28.9 Å². The van der Waals surface area contributed by atoms with E-state index in [-0.39, 0.29) is 54.7 Å². The first kappa shape index (κ1) is 43.7. The lowest BCUT2D eigenvalue weighted by atomic mass is 9.85.